The van der Waals surface area contributed by atoms with Gasteiger partial charge in [0.15, 0.2) is 0 Å². The van der Waals surface area contributed by atoms with Gasteiger partial charge in [-0.1, -0.05) is 42.5 Å². The standard InChI is InChI=1S/C20H22N6O3S/c27-20(19(26-14-22-24-25-26)12-15-4-2-1-3-5-15)21-13-16-6-10-18(11-7-16)30(28,29)23-17-8-9-17/h1-7,10-11,14,17,19,23H,8-9,12-13H2,(H,21,27). The van der Waals surface area contributed by atoms with E-state index >= 15 is 0 Å². The number of nitrogens with one attached hydrogen (secondary N) is 2. The molecule has 0 bridgehead atoms. The summed E-state index contributed by atoms with van der Waals surface area (Å²) in [7, 11) is -3.49. The van der Waals surface area contributed by atoms with E-state index in [1.54, 1.807) is 24.3 Å². The number of hydrogen-bond donors (Lipinski definition) is 2. The van der Waals surface area contributed by atoms with Crippen LogP contribution in [0.25, 0.3) is 0 Å². The van der Waals surface area contributed by atoms with Crippen molar-refractivity contribution in [1.82, 2.24) is 30.2 Å². The zero-order chi connectivity index (χ0) is 21.0. The van der Waals surface area contributed by atoms with Gasteiger partial charge in [0.25, 0.3) is 0 Å². The second kappa shape index (κ2) is 8.72. The molecule has 1 aliphatic rings. The summed E-state index contributed by atoms with van der Waals surface area (Å²) in [5, 5.41) is 14.0. The lowest BCUT2D eigenvalue weighted by Crippen LogP contribution is -2.34. The molecule has 1 heterocycles. The smallest absolute Gasteiger partial charge is 0.245 e. The molecule has 1 aliphatic carbocycles. The molecular formula is C20H22N6O3S. The Morgan fingerprint density at radius 2 is 1.80 bits per heavy atom. The number of nitrogens with zero attached hydrogens (tertiary/aromatic N) is 4. The average Bonchev–Trinajstić information content (AvgIpc) is 3.38. The van der Waals surface area contributed by atoms with Crippen molar-refractivity contribution in [3.8, 4) is 0 Å². The van der Waals surface area contributed by atoms with Crippen molar-refractivity contribution >= 4 is 15.9 Å². The number of rotatable bonds is 9. The summed E-state index contributed by atoms with van der Waals surface area (Å²) in [6.07, 6.45) is 3.63. The van der Waals surface area contributed by atoms with Gasteiger partial charge in [-0.25, -0.2) is 17.8 Å². The molecule has 0 aliphatic heterocycles. The zero-order valence-corrected chi connectivity index (χ0v) is 17.0. The highest BCUT2D eigenvalue weighted by molar-refractivity contribution is 7.89. The molecule has 3 aromatic rings. The minimum Gasteiger partial charge on any atom is -0.350 e. The molecule has 2 N–H and O–H groups in total. The van der Waals surface area contributed by atoms with E-state index in [4.69, 9.17) is 0 Å². The van der Waals surface area contributed by atoms with E-state index in [-0.39, 0.29) is 23.4 Å². The molecular weight excluding hydrogens is 404 g/mol. The van der Waals surface area contributed by atoms with Crippen LogP contribution in [0.15, 0.2) is 65.8 Å². The molecule has 1 saturated carbocycles. The first kappa shape index (κ1) is 20.2. The van der Waals surface area contributed by atoms with Crippen LogP contribution in [0.2, 0.25) is 0 Å². The number of sulfonamides is 1. The highest BCUT2D eigenvalue weighted by Gasteiger charge is 2.28. The van der Waals surface area contributed by atoms with E-state index in [1.807, 2.05) is 30.3 Å². The van der Waals surface area contributed by atoms with Gasteiger partial charge in [-0.3, -0.25) is 4.79 Å². The molecule has 0 spiro atoms. The molecule has 30 heavy (non-hydrogen) atoms. The lowest BCUT2D eigenvalue weighted by atomic mass is 10.1. The van der Waals surface area contributed by atoms with Crippen molar-refractivity contribution < 1.29 is 13.2 Å². The van der Waals surface area contributed by atoms with Gasteiger partial charge in [-0.05, 0) is 46.5 Å². The number of carbonyl (C=O) groups is 1. The van der Waals surface area contributed by atoms with Crippen LogP contribution in [0, 0.1) is 0 Å². The number of amides is 1. The Balaban J connectivity index is 1.40. The Kier molecular flexibility index (Phi) is 5.86. The summed E-state index contributed by atoms with van der Waals surface area (Å²) < 4.78 is 28.6. The third-order valence-corrected chi connectivity index (χ3v) is 6.39. The number of carbonyl (C=O) groups excluding carboxylic acids is 1. The van der Waals surface area contributed by atoms with Gasteiger partial charge in [0.05, 0.1) is 4.90 Å². The van der Waals surface area contributed by atoms with E-state index in [2.05, 4.69) is 25.6 Å². The third kappa shape index (κ3) is 5.08. The summed E-state index contributed by atoms with van der Waals surface area (Å²) in [6.45, 7) is 0.266. The van der Waals surface area contributed by atoms with E-state index in [9.17, 15) is 13.2 Å². The fraction of sp³-hybridized carbons (Fsp3) is 0.300. The predicted molar refractivity (Wildman–Crippen MR) is 109 cm³/mol. The lowest BCUT2D eigenvalue weighted by molar-refractivity contribution is -0.124. The van der Waals surface area contributed by atoms with Crippen LogP contribution < -0.4 is 10.0 Å². The normalized spacial score (nSPS) is 14.9. The Morgan fingerprint density at radius 1 is 1.07 bits per heavy atom. The largest absolute Gasteiger partial charge is 0.350 e. The summed E-state index contributed by atoms with van der Waals surface area (Å²) in [6, 6.07) is 15.6. The molecule has 0 saturated heterocycles. The van der Waals surface area contributed by atoms with Gasteiger partial charge in [0.1, 0.15) is 12.4 Å². The molecule has 4 rings (SSSR count). The van der Waals surface area contributed by atoms with Gasteiger partial charge in [0.2, 0.25) is 15.9 Å². The highest BCUT2D eigenvalue weighted by Crippen LogP contribution is 2.22. The molecule has 156 valence electrons. The fourth-order valence-electron chi connectivity index (χ4n) is 3.04. The summed E-state index contributed by atoms with van der Waals surface area (Å²) in [5.74, 6) is -0.224. The first-order chi connectivity index (χ1) is 14.5. The van der Waals surface area contributed by atoms with Crippen LogP contribution in [-0.2, 0) is 27.8 Å². The SMILES string of the molecule is O=C(NCc1ccc(S(=O)(=O)NC2CC2)cc1)C(Cc1ccccc1)n1cnnn1. The summed E-state index contributed by atoms with van der Waals surface area (Å²) >= 11 is 0. The highest BCUT2D eigenvalue weighted by atomic mass is 32.2. The van der Waals surface area contributed by atoms with E-state index in [1.165, 1.54) is 11.0 Å². The molecule has 1 atom stereocenters. The Morgan fingerprint density at radius 3 is 2.43 bits per heavy atom. The van der Waals surface area contributed by atoms with Crippen LogP contribution in [-0.4, -0.2) is 40.6 Å². The molecule has 1 fully saturated rings. The Bertz CT molecular complexity index is 1080. The van der Waals surface area contributed by atoms with Crippen LogP contribution in [0.3, 0.4) is 0 Å². The lowest BCUT2D eigenvalue weighted by Gasteiger charge is -2.16. The number of benzene rings is 2. The minimum absolute atomic E-state index is 0.0572. The van der Waals surface area contributed by atoms with Gasteiger partial charge in [0, 0.05) is 19.0 Å². The van der Waals surface area contributed by atoms with Crippen molar-refractivity contribution in [2.75, 3.05) is 0 Å². The van der Waals surface area contributed by atoms with Crippen molar-refractivity contribution in [1.29, 1.82) is 0 Å². The first-order valence-corrected chi connectivity index (χ1v) is 11.1. The number of aromatic nitrogens is 4. The van der Waals surface area contributed by atoms with Gasteiger partial charge in [-0.2, -0.15) is 0 Å². The van der Waals surface area contributed by atoms with Crippen LogP contribution in [0.4, 0.5) is 0 Å². The van der Waals surface area contributed by atoms with Crippen LogP contribution in [0.1, 0.15) is 30.0 Å². The van der Waals surface area contributed by atoms with E-state index in [0.717, 1.165) is 24.0 Å². The number of tetrazole rings is 1. The summed E-state index contributed by atoms with van der Waals surface area (Å²) in [4.78, 5) is 13.1. The Labute approximate surface area is 174 Å². The first-order valence-electron chi connectivity index (χ1n) is 9.67. The second-order valence-corrected chi connectivity index (χ2v) is 8.97. The molecule has 10 heteroatoms. The van der Waals surface area contributed by atoms with Crippen molar-refractivity contribution in [2.24, 2.45) is 0 Å². The second-order valence-electron chi connectivity index (χ2n) is 7.25. The molecule has 0 radical (unpaired) electrons. The topological polar surface area (TPSA) is 119 Å². The maximum absolute atomic E-state index is 12.8. The van der Waals surface area contributed by atoms with Crippen molar-refractivity contribution in [3.05, 3.63) is 72.1 Å². The molecule has 1 unspecified atom stereocenters. The zero-order valence-electron chi connectivity index (χ0n) is 16.2. The van der Waals surface area contributed by atoms with Crippen molar-refractivity contribution in [3.63, 3.8) is 0 Å². The molecule has 2 aromatic carbocycles. The maximum atomic E-state index is 12.8. The predicted octanol–water partition coefficient (Wildman–Crippen LogP) is 1.21. The average molecular weight is 427 g/mol. The van der Waals surface area contributed by atoms with E-state index < -0.39 is 16.1 Å². The molecule has 1 amide bonds. The number of hydrogen-bond acceptors (Lipinski definition) is 6. The molecule has 9 nitrogen and oxygen atoms in total. The quantitative estimate of drug-likeness (QED) is 0.531. The maximum Gasteiger partial charge on any atom is 0.245 e. The summed E-state index contributed by atoms with van der Waals surface area (Å²) in [5.41, 5.74) is 1.79. The third-order valence-electron chi connectivity index (χ3n) is 4.86. The minimum atomic E-state index is -3.49. The van der Waals surface area contributed by atoms with Crippen LogP contribution in [0.5, 0.6) is 0 Å². The molecule has 1 aromatic heterocycles. The van der Waals surface area contributed by atoms with Crippen molar-refractivity contribution in [2.45, 2.75) is 42.8 Å². The van der Waals surface area contributed by atoms with Gasteiger partial charge in [-0.15, -0.1) is 5.10 Å². The van der Waals surface area contributed by atoms with E-state index in [0.29, 0.717) is 6.42 Å². The van der Waals surface area contributed by atoms with Gasteiger partial charge >= 0.3 is 0 Å². The fourth-order valence-corrected chi connectivity index (χ4v) is 4.34. The van der Waals surface area contributed by atoms with Gasteiger partial charge < -0.3 is 5.32 Å². The monoisotopic (exact) mass is 426 g/mol. The van der Waals surface area contributed by atoms with Crippen LogP contribution >= 0.6 is 0 Å². The Hall–Kier alpha value is -3.11.